The van der Waals surface area contributed by atoms with E-state index in [1.54, 1.807) is 23.1 Å². The van der Waals surface area contributed by atoms with Gasteiger partial charge in [0.2, 0.25) is 0 Å². The summed E-state index contributed by atoms with van der Waals surface area (Å²) in [6.07, 6.45) is 2.89. The number of nitrogens with zero attached hydrogens (tertiary/aromatic N) is 1. The van der Waals surface area contributed by atoms with Crippen molar-refractivity contribution in [3.05, 3.63) is 70.7 Å². The lowest BCUT2D eigenvalue weighted by atomic mass is 9.90. The Labute approximate surface area is 181 Å². The van der Waals surface area contributed by atoms with Crippen LogP contribution in [0.15, 0.2) is 54.6 Å². The molecule has 7 heteroatoms. The van der Waals surface area contributed by atoms with Crippen LogP contribution in [0.5, 0.6) is 0 Å². The van der Waals surface area contributed by atoms with Gasteiger partial charge in [-0.1, -0.05) is 48.0 Å². The fourth-order valence-corrected chi connectivity index (χ4v) is 3.69. The standard InChI is InChI=1S/C23H25ClN2O4/c24-20-8-4-7-19(14-20)23(29)25-15-22(28)30-16-21(27)26-11-9-18(10-12-26)13-17-5-2-1-3-6-17/h1-8,14,18H,9-13,15-16H2,(H,25,29). The van der Waals surface area contributed by atoms with Gasteiger partial charge in [0.1, 0.15) is 6.54 Å². The van der Waals surface area contributed by atoms with E-state index in [1.807, 2.05) is 18.2 Å². The lowest BCUT2D eigenvalue weighted by Crippen LogP contribution is -2.41. The highest BCUT2D eigenvalue weighted by atomic mass is 35.5. The Morgan fingerprint density at radius 1 is 1.03 bits per heavy atom. The van der Waals surface area contributed by atoms with E-state index in [1.165, 1.54) is 11.6 Å². The minimum absolute atomic E-state index is 0.206. The summed E-state index contributed by atoms with van der Waals surface area (Å²) in [4.78, 5) is 37.9. The molecule has 158 valence electrons. The number of benzene rings is 2. The van der Waals surface area contributed by atoms with Gasteiger partial charge in [-0.05, 0) is 48.9 Å². The normalized spacial score (nSPS) is 14.2. The van der Waals surface area contributed by atoms with Gasteiger partial charge in [-0.15, -0.1) is 0 Å². The van der Waals surface area contributed by atoms with Gasteiger partial charge in [-0.2, -0.15) is 0 Å². The first-order chi connectivity index (χ1) is 14.5. The van der Waals surface area contributed by atoms with Crippen LogP contribution in [-0.2, 0) is 20.7 Å². The number of esters is 1. The SMILES string of the molecule is O=C(CNC(=O)c1cccc(Cl)c1)OCC(=O)N1CCC(Cc2ccccc2)CC1. The zero-order valence-electron chi connectivity index (χ0n) is 16.7. The predicted molar refractivity (Wildman–Crippen MR) is 114 cm³/mol. The van der Waals surface area contributed by atoms with Crippen LogP contribution >= 0.6 is 11.6 Å². The summed E-state index contributed by atoms with van der Waals surface area (Å²) in [6.45, 7) is 0.714. The highest BCUT2D eigenvalue weighted by Crippen LogP contribution is 2.21. The van der Waals surface area contributed by atoms with Crippen molar-refractivity contribution < 1.29 is 19.1 Å². The average molecular weight is 429 g/mol. The number of piperidine rings is 1. The first-order valence-electron chi connectivity index (χ1n) is 10.0. The first kappa shape index (κ1) is 21.8. The number of carbonyl (C=O) groups is 3. The molecule has 3 rings (SSSR count). The number of nitrogens with one attached hydrogen (secondary N) is 1. The van der Waals surface area contributed by atoms with Crippen LogP contribution in [0, 0.1) is 5.92 Å². The van der Waals surface area contributed by atoms with E-state index in [4.69, 9.17) is 16.3 Å². The van der Waals surface area contributed by atoms with E-state index in [9.17, 15) is 14.4 Å². The summed E-state index contributed by atoms with van der Waals surface area (Å²) < 4.78 is 5.02. The van der Waals surface area contributed by atoms with Crippen molar-refractivity contribution in [2.75, 3.05) is 26.2 Å². The van der Waals surface area contributed by atoms with Gasteiger partial charge in [-0.25, -0.2) is 0 Å². The van der Waals surface area contributed by atoms with E-state index in [-0.39, 0.29) is 19.1 Å². The average Bonchev–Trinajstić information content (AvgIpc) is 2.77. The smallest absolute Gasteiger partial charge is 0.325 e. The van der Waals surface area contributed by atoms with Crippen LogP contribution in [-0.4, -0.2) is 48.9 Å². The van der Waals surface area contributed by atoms with Crippen LogP contribution in [0.2, 0.25) is 5.02 Å². The maximum Gasteiger partial charge on any atom is 0.325 e. The predicted octanol–water partition coefficient (Wildman–Crippen LogP) is 3.09. The van der Waals surface area contributed by atoms with Gasteiger partial charge >= 0.3 is 5.97 Å². The van der Waals surface area contributed by atoms with Crippen molar-refractivity contribution in [3.8, 4) is 0 Å². The number of carbonyl (C=O) groups excluding carboxylic acids is 3. The molecule has 0 bridgehead atoms. The second-order valence-corrected chi connectivity index (χ2v) is 7.80. The minimum atomic E-state index is -0.655. The molecule has 2 aromatic carbocycles. The van der Waals surface area contributed by atoms with E-state index >= 15 is 0 Å². The number of amides is 2. The number of rotatable bonds is 7. The maximum absolute atomic E-state index is 12.3. The van der Waals surface area contributed by atoms with E-state index < -0.39 is 11.9 Å². The molecule has 0 aromatic heterocycles. The second-order valence-electron chi connectivity index (χ2n) is 7.37. The Bertz CT molecular complexity index is 880. The third-order valence-electron chi connectivity index (χ3n) is 5.17. The number of hydrogen-bond acceptors (Lipinski definition) is 4. The first-order valence-corrected chi connectivity index (χ1v) is 10.4. The lowest BCUT2D eigenvalue weighted by Gasteiger charge is -2.32. The van der Waals surface area contributed by atoms with Crippen LogP contribution in [0.3, 0.4) is 0 Å². The van der Waals surface area contributed by atoms with Gasteiger partial charge in [-0.3, -0.25) is 14.4 Å². The van der Waals surface area contributed by atoms with Crippen molar-refractivity contribution in [1.29, 1.82) is 0 Å². The van der Waals surface area contributed by atoms with Gasteiger partial charge in [0, 0.05) is 23.7 Å². The quantitative estimate of drug-likeness (QED) is 0.687. The molecule has 1 aliphatic rings. The molecule has 1 fully saturated rings. The lowest BCUT2D eigenvalue weighted by molar-refractivity contribution is -0.151. The summed E-state index contributed by atoms with van der Waals surface area (Å²) in [6, 6.07) is 16.8. The van der Waals surface area contributed by atoms with Crippen molar-refractivity contribution in [1.82, 2.24) is 10.2 Å². The summed E-state index contributed by atoms with van der Waals surface area (Å²) in [7, 11) is 0. The molecule has 6 nitrogen and oxygen atoms in total. The van der Waals surface area contributed by atoms with Gasteiger partial charge in [0.05, 0.1) is 0 Å². The number of hydrogen-bond donors (Lipinski definition) is 1. The summed E-state index contributed by atoms with van der Waals surface area (Å²) in [5.41, 5.74) is 1.67. The molecular formula is C23H25ClN2O4. The largest absolute Gasteiger partial charge is 0.454 e. The topological polar surface area (TPSA) is 75.7 Å². The molecule has 1 N–H and O–H groups in total. The Morgan fingerprint density at radius 3 is 2.47 bits per heavy atom. The third-order valence-corrected chi connectivity index (χ3v) is 5.41. The van der Waals surface area contributed by atoms with E-state index in [0.717, 1.165) is 19.3 Å². The third kappa shape index (κ3) is 6.59. The molecular weight excluding hydrogens is 404 g/mol. The Morgan fingerprint density at radius 2 is 1.77 bits per heavy atom. The molecule has 1 saturated heterocycles. The number of likely N-dealkylation sites (tertiary alicyclic amines) is 1. The maximum atomic E-state index is 12.3. The molecule has 0 saturated carbocycles. The van der Waals surface area contributed by atoms with Crippen molar-refractivity contribution >= 4 is 29.4 Å². The van der Waals surface area contributed by atoms with Crippen molar-refractivity contribution in [2.24, 2.45) is 5.92 Å². The molecule has 0 radical (unpaired) electrons. The summed E-state index contributed by atoms with van der Waals surface area (Å²) in [5.74, 6) is -0.734. The van der Waals surface area contributed by atoms with Gasteiger partial charge < -0.3 is 15.0 Å². The molecule has 0 atom stereocenters. The second kappa shape index (κ2) is 10.8. The Hall–Kier alpha value is -2.86. The van der Waals surface area contributed by atoms with Crippen molar-refractivity contribution in [3.63, 3.8) is 0 Å². The van der Waals surface area contributed by atoms with Crippen molar-refractivity contribution in [2.45, 2.75) is 19.3 Å². The molecule has 2 aromatic rings. The molecule has 1 aliphatic heterocycles. The molecule has 1 heterocycles. The van der Waals surface area contributed by atoms with Gasteiger partial charge in [0.25, 0.3) is 11.8 Å². The fraction of sp³-hybridized carbons (Fsp3) is 0.348. The molecule has 0 unspecified atom stereocenters. The molecule has 0 spiro atoms. The number of ether oxygens (including phenoxy) is 1. The Balaban J connectivity index is 1.34. The van der Waals surface area contributed by atoms with Crippen LogP contribution < -0.4 is 5.32 Å². The van der Waals surface area contributed by atoms with E-state index in [2.05, 4.69) is 17.4 Å². The highest BCUT2D eigenvalue weighted by molar-refractivity contribution is 6.30. The minimum Gasteiger partial charge on any atom is -0.454 e. The molecule has 0 aliphatic carbocycles. The van der Waals surface area contributed by atoms with Crippen LogP contribution in [0.1, 0.15) is 28.8 Å². The summed E-state index contributed by atoms with van der Waals surface area (Å²) in [5, 5.41) is 2.89. The van der Waals surface area contributed by atoms with Crippen LogP contribution in [0.4, 0.5) is 0 Å². The summed E-state index contributed by atoms with van der Waals surface area (Å²) >= 11 is 5.85. The van der Waals surface area contributed by atoms with E-state index in [0.29, 0.717) is 29.6 Å². The fourth-order valence-electron chi connectivity index (χ4n) is 3.50. The zero-order chi connectivity index (χ0) is 21.3. The number of halogens is 1. The zero-order valence-corrected chi connectivity index (χ0v) is 17.4. The monoisotopic (exact) mass is 428 g/mol. The van der Waals surface area contributed by atoms with Crippen LogP contribution in [0.25, 0.3) is 0 Å². The Kier molecular flexibility index (Phi) is 7.85. The van der Waals surface area contributed by atoms with Gasteiger partial charge in [0.15, 0.2) is 6.61 Å². The molecule has 2 amide bonds. The highest BCUT2D eigenvalue weighted by Gasteiger charge is 2.23. The molecule has 30 heavy (non-hydrogen) atoms.